The van der Waals surface area contributed by atoms with Crippen molar-refractivity contribution >= 4 is 12.0 Å². The van der Waals surface area contributed by atoms with Crippen molar-refractivity contribution in [1.82, 2.24) is 9.80 Å². The molecule has 300 valence electrons. The molecule has 2 bridgehead atoms. The number of hydrogen-bond donors (Lipinski definition) is 3. The number of carbonyl (C=O) groups excluding carboxylic acids is 1. The van der Waals surface area contributed by atoms with Crippen molar-refractivity contribution in [3.8, 4) is 0 Å². The molecule has 11 nitrogen and oxygen atoms in total. The Morgan fingerprint density at radius 2 is 1.74 bits per heavy atom. The molecule has 4 fully saturated rings. The minimum Gasteiger partial charge on any atom is -0.459 e. The second kappa shape index (κ2) is 18.6. The smallest absolute Gasteiger partial charge is 0.311 e. The average Bonchev–Trinajstić information content (AvgIpc) is 3.11. The Morgan fingerprint density at radius 1 is 1.06 bits per heavy atom. The van der Waals surface area contributed by atoms with E-state index in [4.69, 9.17) is 23.7 Å². The highest BCUT2D eigenvalue weighted by Gasteiger charge is 2.51. The fourth-order valence-corrected chi connectivity index (χ4v) is 8.63. The molecule has 4 saturated heterocycles. The SMILES string of the molecule is C=C1CO[C@@H]2[C@@H](C)CN(C/C=C/c3ccccc3)[C@H](C)C[C@@](C)(OC1)[C@H](O[C@@H]1O[C@H](C)C[C@H](N(C)C)[C@H]1O)[C@@H](C)[C@H](O)[C@@H](C)C(=O)O[C@H](CC)[C@@]2(C)O. The molecule has 0 radical (unpaired) electrons. The van der Waals surface area contributed by atoms with E-state index in [9.17, 15) is 20.1 Å². The first kappa shape index (κ1) is 43.5. The molecule has 0 aliphatic carbocycles. The van der Waals surface area contributed by atoms with Crippen molar-refractivity contribution in [2.45, 2.75) is 141 Å². The summed E-state index contributed by atoms with van der Waals surface area (Å²) in [5.41, 5.74) is -0.902. The summed E-state index contributed by atoms with van der Waals surface area (Å²) in [6, 6.07) is 9.80. The van der Waals surface area contributed by atoms with Crippen molar-refractivity contribution < 1.29 is 43.8 Å². The topological polar surface area (TPSA) is 130 Å². The molecule has 11 heteroatoms. The van der Waals surface area contributed by atoms with Gasteiger partial charge in [0.25, 0.3) is 0 Å². The summed E-state index contributed by atoms with van der Waals surface area (Å²) in [4.78, 5) is 18.2. The van der Waals surface area contributed by atoms with E-state index in [2.05, 4.69) is 49.6 Å². The number of fused-ring (bicyclic) bond motifs is 15. The summed E-state index contributed by atoms with van der Waals surface area (Å²) in [5.74, 6) is -2.51. The van der Waals surface area contributed by atoms with Crippen molar-refractivity contribution in [1.29, 1.82) is 0 Å². The van der Waals surface area contributed by atoms with Crippen LogP contribution in [0.5, 0.6) is 0 Å². The molecular weight excluding hydrogens is 676 g/mol. The number of carbonyl (C=O) groups is 1. The van der Waals surface area contributed by atoms with Crippen LogP contribution in [0, 0.1) is 17.8 Å². The van der Waals surface area contributed by atoms with Gasteiger partial charge in [0.05, 0.1) is 49.1 Å². The molecule has 4 aliphatic rings. The van der Waals surface area contributed by atoms with Crippen molar-refractivity contribution in [2.75, 3.05) is 40.4 Å². The van der Waals surface area contributed by atoms with Crippen LogP contribution in [0.15, 0.2) is 48.6 Å². The summed E-state index contributed by atoms with van der Waals surface area (Å²) in [7, 11) is 3.85. The monoisotopic (exact) mass is 744 g/mol. The van der Waals surface area contributed by atoms with E-state index in [1.807, 2.05) is 64.9 Å². The molecule has 1 aromatic carbocycles. The minimum absolute atomic E-state index is 0.107. The maximum Gasteiger partial charge on any atom is 0.311 e. The molecule has 4 aliphatic heterocycles. The van der Waals surface area contributed by atoms with Gasteiger partial charge in [-0.2, -0.15) is 0 Å². The summed E-state index contributed by atoms with van der Waals surface area (Å²) in [5, 5.41) is 35.9. The third kappa shape index (κ3) is 10.6. The molecule has 14 atom stereocenters. The maximum absolute atomic E-state index is 13.8. The quantitative estimate of drug-likeness (QED) is 0.266. The molecule has 1 aromatic rings. The van der Waals surface area contributed by atoms with Gasteiger partial charge in [0.15, 0.2) is 6.29 Å². The van der Waals surface area contributed by atoms with E-state index in [-0.39, 0.29) is 37.3 Å². The molecule has 0 spiro atoms. The number of esters is 1. The second-order valence-corrected chi connectivity index (χ2v) is 16.7. The van der Waals surface area contributed by atoms with E-state index < -0.39 is 65.8 Å². The van der Waals surface area contributed by atoms with Crippen LogP contribution in [-0.2, 0) is 28.5 Å². The number of aliphatic hydroxyl groups is 3. The Balaban J connectivity index is 1.87. The zero-order valence-electron chi connectivity index (χ0n) is 33.8. The lowest BCUT2D eigenvalue weighted by molar-refractivity contribution is -0.303. The number of nitrogens with zero attached hydrogens (tertiary/aromatic N) is 2. The van der Waals surface area contributed by atoms with Crippen LogP contribution in [0.25, 0.3) is 6.08 Å². The average molecular weight is 745 g/mol. The van der Waals surface area contributed by atoms with Gasteiger partial charge in [0.1, 0.15) is 17.8 Å². The van der Waals surface area contributed by atoms with Gasteiger partial charge in [-0.3, -0.25) is 9.69 Å². The molecule has 0 unspecified atom stereocenters. The Bertz CT molecular complexity index is 1360. The van der Waals surface area contributed by atoms with Gasteiger partial charge in [0, 0.05) is 31.1 Å². The van der Waals surface area contributed by atoms with Crippen LogP contribution in [0.2, 0.25) is 0 Å². The predicted octanol–water partition coefficient (Wildman–Crippen LogP) is 4.68. The normalized spacial score (nSPS) is 41.7. The number of benzene rings is 1. The molecular formula is C42H68N2O9. The van der Waals surface area contributed by atoms with Crippen LogP contribution in [0.4, 0.5) is 0 Å². The highest BCUT2D eigenvalue weighted by Crippen LogP contribution is 2.39. The van der Waals surface area contributed by atoms with Crippen LogP contribution in [0.3, 0.4) is 0 Å². The van der Waals surface area contributed by atoms with Gasteiger partial charge >= 0.3 is 5.97 Å². The van der Waals surface area contributed by atoms with Crippen molar-refractivity contribution in [2.24, 2.45) is 17.8 Å². The standard InChI is InChI=1S/C42H68N2O9/c1-12-34-42(9,48)37-27(3)23-44(20-16-19-32-17-14-13-15-18-32)28(4)22-41(8,50-25-26(2)24-49-37)38(30(6)35(45)31(7)39(47)52-34)53-40-36(46)33(43(10)11)21-29(5)51-40/h13-19,27-31,33-38,40,45-46,48H,2,12,20-25H2,1,3-11H3/b19-16+/t27-,28+,29+,30-,31+,33-,34+,35-,36+,37+,38+,40-,41+,42+/m0/s1. The second-order valence-electron chi connectivity index (χ2n) is 16.7. The first-order valence-electron chi connectivity index (χ1n) is 19.5. The van der Waals surface area contributed by atoms with E-state index in [1.165, 1.54) is 0 Å². The van der Waals surface area contributed by atoms with Gasteiger partial charge in [-0.15, -0.1) is 0 Å². The van der Waals surface area contributed by atoms with Crippen LogP contribution < -0.4 is 0 Å². The molecule has 5 rings (SSSR count). The molecule has 0 aromatic heterocycles. The number of ether oxygens (including phenoxy) is 5. The van der Waals surface area contributed by atoms with Crippen LogP contribution in [0.1, 0.15) is 80.2 Å². The Morgan fingerprint density at radius 3 is 2.38 bits per heavy atom. The first-order valence-corrected chi connectivity index (χ1v) is 19.5. The first-order chi connectivity index (χ1) is 24.9. The summed E-state index contributed by atoms with van der Waals surface area (Å²) in [6.45, 7) is 20.8. The zero-order valence-corrected chi connectivity index (χ0v) is 33.8. The lowest BCUT2D eigenvalue weighted by Crippen LogP contribution is -2.60. The number of aliphatic hydroxyl groups excluding tert-OH is 2. The van der Waals surface area contributed by atoms with E-state index in [0.717, 1.165) is 5.56 Å². The van der Waals surface area contributed by atoms with Crippen molar-refractivity contribution in [3.63, 3.8) is 0 Å². The highest BCUT2D eigenvalue weighted by molar-refractivity contribution is 5.73. The third-order valence-corrected chi connectivity index (χ3v) is 11.8. The highest BCUT2D eigenvalue weighted by atomic mass is 16.7. The summed E-state index contributed by atoms with van der Waals surface area (Å²) < 4.78 is 32.7. The van der Waals surface area contributed by atoms with E-state index >= 15 is 0 Å². The Hall–Kier alpha value is -2.19. The fraction of sp³-hybridized carbons (Fsp3) is 0.738. The van der Waals surface area contributed by atoms with Gasteiger partial charge < -0.3 is 43.9 Å². The predicted molar refractivity (Wildman–Crippen MR) is 206 cm³/mol. The van der Waals surface area contributed by atoms with Gasteiger partial charge in [-0.1, -0.05) is 69.8 Å². The fourth-order valence-electron chi connectivity index (χ4n) is 8.63. The van der Waals surface area contributed by atoms with Crippen LogP contribution in [-0.4, -0.2) is 138 Å². The van der Waals surface area contributed by atoms with E-state index in [0.29, 0.717) is 37.9 Å². The lowest BCUT2D eigenvalue weighted by atomic mass is 9.78. The molecule has 4 heterocycles. The van der Waals surface area contributed by atoms with Gasteiger partial charge in [0.2, 0.25) is 0 Å². The number of likely N-dealkylation sites (N-methyl/N-ethyl adjacent to an activating group) is 1. The number of rotatable bonds is 7. The van der Waals surface area contributed by atoms with Gasteiger partial charge in [-0.25, -0.2) is 0 Å². The maximum atomic E-state index is 13.8. The third-order valence-electron chi connectivity index (χ3n) is 11.8. The van der Waals surface area contributed by atoms with Gasteiger partial charge in [-0.05, 0) is 85.0 Å². The molecule has 0 amide bonds. The number of hydrogen-bond acceptors (Lipinski definition) is 11. The van der Waals surface area contributed by atoms with E-state index in [1.54, 1.807) is 13.8 Å². The molecule has 3 N–H and O–H groups in total. The molecule has 53 heavy (non-hydrogen) atoms. The zero-order chi connectivity index (χ0) is 39.2. The largest absolute Gasteiger partial charge is 0.459 e. The summed E-state index contributed by atoms with van der Waals surface area (Å²) >= 11 is 0. The minimum atomic E-state index is -1.57. The molecule has 0 saturated carbocycles. The van der Waals surface area contributed by atoms with Crippen LogP contribution >= 0.6 is 0 Å². The Labute approximate surface area is 318 Å². The Kier molecular flexibility index (Phi) is 15.3. The lowest BCUT2D eigenvalue weighted by Gasteiger charge is -2.49. The summed E-state index contributed by atoms with van der Waals surface area (Å²) in [6.07, 6.45) is -0.285. The van der Waals surface area contributed by atoms with Crippen molar-refractivity contribution in [3.05, 3.63) is 54.1 Å².